The molecule has 0 aromatic carbocycles. The summed E-state index contributed by atoms with van der Waals surface area (Å²) in [6.07, 6.45) is 8.63. The minimum atomic E-state index is -0.924. The number of imidazole rings is 1. The van der Waals surface area contributed by atoms with E-state index in [1.807, 2.05) is 23.8 Å². The van der Waals surface area contributed by atoms with Gasteiger partial charge in [0.15, 0.2) is 0 Å². The third-order valence-electron chi connectivity index (χ3n) is 2.69. The minimum Gasteiger partial charge on any atom is -0.478 e. The summed E-state index contributed by atoms with van der Waals surface area (Å²) in [6, 6.07) is 2.01. The number of carboxylic acid groups (broad SMARTS) is 1. The van der Waals surface area contributed by atoms with E-state index in [1.165, 1.54) is 4.88 Å². The average Bonchev–Trinajstić information content (AvgIpc) is 2.98. The molecule has 0 bridgehead atoms. The van der Waals surface area contributed by atoms with Crippen molar-refractivity contribution in [3.05, 3.63) is 46.2 Å². The molecule has 1 N–H and O–H groups in total. The van der Waals surface area contributed by atoms with Gasteiger partial charge in [-0.25, -0.2) is 9.78 Å². The summed E-state index contributed by atoms with van der Waals surface area (Å²) in [6.45, 7) is 2.93. The molecule has 2 heterocycles. The van der Waals surface area contributed by atoms with Gasteiger partial charge in [0.05, 0.1) is 6.54 Å². The summed E-state index contributed by atoms with van der Waals surface area (Å²) in [7, 11) is 0. The molecule has 0 saturated carbocycles. The van der Waals surface area contributed by atoms with Crippen molar-refractivity contribution in [2.45, 2.75) is 26.3 Å². The van der Waals surface area contributed by atoms with E-state index in [-0.39, 0.29) is 0 Å². The lowest BCUT2D eigenvalue weighted by Crippen LogP contribution is -2.02. The molecule has 0 fully saturated rings. The Balaban J connectivity index is 2.07. The molecule has 4 nitrogen and oxygen atoms in total. The molecule has 0 unspecified atom stereocenters. The summed E-state index contributed by atoms with van der Waals surface area (Å²) in [4.78, 5) is 16.0. The normalized spacial score (nSPS) is 11.2. The van der Waals surface area contributed by atoms with Gasteiger partial charge in [-0.3, -0.25) is 0 Å². The Morgan fingerprint density at radius 2 is 2.42 bits per heavy atom. The van der Waals surface area contributed by atoms with Gasteiger partial charge in [0, 0.05) is 29.8 Å². The fraction of sp³-hybridized carbons (Fsp3) is 0.286. The topological polar surface area (TPSA) is 55.1 Å². The number of aliphatic carboxylic acids is 1. The number of aromatic nitrogens is 2. The quantitative estimate of drug-likeness (QED) is 0.825. The van der Waals surface area contributed by atoms with Crippen LogP contribution in [0.3, 0.4) is 0 Å². The van der Waals surface area contributed by atoms with Crippen molar-refractivity contribution in [2.24, 2.45) is 0 Å². The fourth-order valence-corrected chi connectivity index (χ4v) is 2.69. The van der Waals surface area contributed by atoms with Crippen molar-refractivity contribution in [1.82, 2.24) is 9.55 Å². The summed E-state index contributed by atoms with van der Waals surface area (Å²) < 4.78 is 2.14. The largest absolute Gasteiger partial charge is 0.478 e. The molecule has 0 spiro atoms. The Morgan fingerprint density at radius 3 is 3.16 bits per heavy atom. The molecular weight excluding hydrogens is 260 g/mol. The zero-order valence-electron chi connectivity index (χ0n) is 10.7. The van der Waals surface area contributed by atoms with Crippen LogP contribution in [-0.2, 0) is 17.8 Å². The van der Waals surface area contributed by atoms with Crippen LogP contribution in [0, 0.1) is 0 Å². The Labute approximate surface area is 116 Å². The van der Waals surface area contributed by atoms with Gasteiger partial charge >= 0.3 is 5.97 Å². The Kier molecular flexibility index (Phi) is 4.52. The maximum atomic E-state index is 10.5. The Hall–Kier alpha value is -1.88. The van der Waals surface area contributed by atoms with Gasteiger partial charge in [-0.2, -0.15) is 0 Å². The maximum absolute atomic E-state index is 10.5. The van der Waals surface area contributed by atoms with E-state index in [4.69, 9.17) is 5.11 Å². The monoisotopic (exact) mass is 276 g/mol. The van der Waals surface area contributed by atoms with E-state index < -0.39 is 5.97 Å². The van der Waals surface area contributed by atoms with Crippen molar-refractivity contribution in [2.75, 3.05) is 0 Å². The highest BCUT2D eigenvalue weighted by molar-refractivity contribution is 7.10. The number of hydrogen-bond acceptors (Lipinski definition) is 3. The number of thiophene rings is 1. The number of carbonyl (C=O) groups is 1. The number of rotatable bonds is 6. The van der Waals surface area contributed by atoms with Gasteiger partial charge in [0.1, 0.15) is 5.82 Å². The van der Waals surface area contributed by atoms with E-state index >= 15 is 0 Å². The molecular formula is C14H16N2O2S. The van der Waals surface area contributed by atoms with Gasteiger partial charge in [-0.15, -0.1) is 11.3 Å². The molecule has 0 aliphatic rings. The lowest BCUT2D eigenvalue weighted by Gasteiger charge is -2.04. The lowest BCUT2D eigenvalue weighted by molar-refractivity contribution is -0.131. The highest BCUT2D eigenvalue weighted by atomic mass is 32.1. The van der Waals surface area contributed by atoms with Crippen molar-refractivity contribution < 1.29 is 9.90 Å². The first-order valence-electron chi connectivity index (χ1n) is 6.17. The second-order valence-electron chi connectivity index (χ2n) is 4.24. The molecule has 0 atom stereocenters. The number of nitrogens with zero attached hydrogens (tertiary/aromatic N) is 2. The van der Waals surface area contributed by atoms with E-state index in [0.717, 1.165) is 36.9 Å². The highest BCUT2D eigenvalue weighted by Gasteiger charge is 2.04. The summed E-state index contributed by atoms with van der Waals surface area (Å²) in [5, 5.41) is 10.6. The summed E-state index contributed by atoms with van der Waals surface area (Å²) in [5.41, 5.74) is 0.930. The van der Waals surface area contributed by atoms with Crippen molar-refractivity contribution in [1.29, 1.82) is 0 Å². The second-order valence-corrected chi connectivity index (χ2v) is 5.24. The number of hydrogen-bond donors (Lipinski definition) is 1. The molecule has 2 aromatic heterocycles. The molecule has 0 saturated heterocycles. The van der Waals surface area contributed by atoms with Gasteiger partial charge in [-0.1, -0.05) is 6.92 Å². The first kappa shape index (κ1) is 13.5. The molecule has 2 aromatic rings. The van der Waals surface area contributed by atoms with Gasteiger partial charge in [0.25, 0.3) is 0 Å². The van der Waals surface area contributed by atoms with Crippen LogP contribution < -0.4 is 0 Å². The standard InChI is InChI=1S/C14H16N2O2S/c1-2-3-13-15-6-7-16(13)9-12-8-11(10-19-12)4-5-14(17)18/h4-8,10H,2-3,9H2,1H3,(H,17,18). The minimum absolute atomic E-state index is 0.793. The first-order valence-corrected chi connectivity index (χ1v) is 7.05. The van der Waals surface area contributed by atoms with Crippen LogP contribution in [-0.4, -0.2) is 20.6 Å². The summed E-state index contributed by atoms with van der Waals surface area (Å²) in [5.74, 6) is 0.172. The predicted molar refractivity (Wildman–Crippen MR) is 76.3 cm³/mol. The molecule has 0 amide bonds. The Bertz CT molecular complexity index is 584. The predicted octanol–water partition coefficient (Wildman–Crippen LogP) is 3.04. The summed E-state index contributed by atoms with van der Waals surface area (Å²) >= 11 is 1.63. The zero-order chi connectivity index (χ0) is 13.7. The van der Waals surface area contributed by atoms with Gasteiger partial charge in [0.2, 0.25) is 0 Å². The third-order valence-corrected chi connectivity index (χ3v) is 3.63. The van der Waals surface area contributed by atoms with Gasteiger partial charge in [-0.05, 0) is 29.5 Å². The number of carboxylic acids is 1. The fourth-order valence-electron chi connectivity index (χ4n) is 1.84. The van der Waals surface area contributed by atoms with E-state index in [1.54, 1.807) is 17.4 Å². The van der Waals surface area contributed by atoms with E-state index in [9.17, 15) is 4.79 Å². The van der Waals surface area contributed by atoms with Crippen molar-refractivity contribution in [3.8, 4) is 0 Å². The highest BCUT2D eigenvalue weighted by Crippen LogP contribution is 2.18. The van der Waals surface area contributed by atoms with Crippen LogP contribution in [0.15, 0.2) is 29.9 Å². The third kappa shape index (κ3) is 3.79. The molecule has 0 radical (unpaired) electrons. The van der Waals surface area contributed by atoms with E-state index in [2.05, 4.69) is 16.5 Å². The van der Waals surface area contributed by atoms with Crippen molar-refractivity contribution >= 4 is 23.4 Å². The van der Waals surface area contributed by atoms with Crippen LogP contribution in [0.1, 0.15) is 29.6 Å². The maximum Gasteiger partial charge on any atom is 0.328 e. The lowest BCUT2D eigenvalue weighted by atomic mass is 10.2. The smallest absolute Gasteiger partial charge is 0.328 e. The first-order chi connectivity index (χ1) is 9.19. The molecule has 0 aliphatic heterocycles. The van der Waals surface area contributed by atoms with Crippen LogP contribution in [0.2, 0.25) is 0 Å². The second kappa shape index (κ2) is 6.33. The van der Waals surface area contributed by atoms with E-state index in [0.29, 0.717) is 0 Å². The molecule has 19 heavy (non-hydrogen) atoms. The molecule has 0 aliphatic carbocycles. The van der Waals surface area contributed by atoms with Crippen molar-refractivity contribution in [3.63, 3.8) is 0 Å². The molecule has 2 rings (SSSR count). The molecule has 100 valence electrons. The average molecular weight is 276 g/mol. The number of aryl methyl sites for hydroxylation is 1. The Morgan fingerprint density at radius 1 is 1.58 bits per heavy atom. The SMILES string of the molecule is CCCc1nccn1Cc1cc(C=CC(=O)O)cs1. The molecule has 5 heteroatoms. The van der Waals surface area contributed by atoms with Crippen LogP contribution in [0.5, 0.6) is 0 Å². The van der Waals surface area contributed by atoms with Crippen LogP contribution in [0.4, 0.5) is 0 Å². The van der Waals surface area contributed by atoms with Crippen LogP contribution in [0.25, 0.3) is 6.08 Å². The zero-order valence-corrected chi connectivity index (χ0v) is 11.6. The van der Waals surface area contributed by atoms with Gasteiger partial charge < -0.3 is 9.67 Å². The van der Waals surface area contributed by atoms with Crippen LogP contribution >= 0.6 is 11.3 Å².